The van der Waals surface area contributed by atoms with Gasteiger partial charge in [0.1, 0.15) is 6.07 Å². The number of nitriles is 1. The van der Waals surface area contributed by atoms with Gasteiger partial charge in [0.25, 0.3) is 0 Å². The van der Waals surface area contributed by atoms with Crippen molar-refractivity contribution in [2.24, 2.45) is 5.73 Å². The van der Waals surface area contributed by atoms with Crippen molar-refractivity contribution in [3.8, 4) is 11.8 Å². The molecular formula is C20H15BrClFN6. The van der Waals surface area contributed by atoms with Gasteiger partial charge < -0.3 is 5.73 Å². The summed E-state index contributed by atoms with van der Waals surface area (Å²) in [5.74, 6) is -0.646. The predicted octanol–water partition coefficient (Wildman–Crippen LogP) is 4.25. The zero-order chi connectivity index (χ0) is 19.7. The number of benzene rings is 1. The zero-order valence-electron chi connectivity index (χ0n) is 15.0. The molecule has 29 heavy (non-hydrogen) atoms. The first-order chi connectivity index (χ1) is 13.6. The maximum atomic E-state index is 13.5. The molecule has 0 amide bonds. The quantitative estimate of drug-likeness (QED) is 0.478. The van der Waals surface area contributed by atoms with Crippen molar-refractivity contribution in [1.82, 2.24) is 19.7 Å². The standard InChI is InChI=1S/C20H14BrFN6.ClH/c21-13-3-6-18-12(8-13)11-26-28(18)19-2-1-7-25-20(19)16(24)9-14-4-5-15(22)17(10-23)27-14;/h1-8,11,16H,9,24H2;1H/t16-;/m0./s1. The highest BCUT2D eigenvalue weighted by molar-refractivity contribution is 9.10. The van der Waals surface area contributed by atoms with Crippen LogP contribution in [0.15, 0.2) is 59.3 Å². The van der Waals surface area contributed by atoms with Crippen LogP contribution in [0.2, 0.25) is 0 Å². The van der Waals surface area contributed by atoms with Crippen molar-refractivity contribution in [3.63, 3.8) is 0 Å². The molecular weight excluding hydrogens is 459 g/mol. The van der Waals surface area contributed by atoms with Gasteiger partial charge in [0, 0.05) is 28.2 Å². The van der Waals surface area contributed by atoms with Crippen LogP contribution in [0.4, 0.5) is 4.39 Å². The molecule has 1 aromatic carbocycles. The summed E-state index contributed by atoms with van der Waals surface area (Å²) in [6.07, 6.45) is 3.76. The minimum Gasteiger partial charge on any atom is -0.322 e. The molecule has 9 heteroatoms. The van der Waals surface area contributed by atoms with E-state index >= 15 is 0 Å². The lowest BCUT2D eigenvalue weighted by Gasteiger charge is -2.16. The van der Waals surface area contributed by atoms with Crippen LogP contribution in [0, 0.1) is 17.1 Å². The number of rotatable bonds is 4. The van der Waals surface area contributed by atoms with Gasteiger partial charge in [-0.1, -0.05) is 15.9 Å². The number of nitrogens with zero attached hydrogens (tertiary/aromatic N) is 5. The highest BCUT2D eigenvalue weighted by Gasteiger charge is 2.18. The van der Waals surface area contributed by atoms with E-state index in [0.717, 1.165) is 21.1 Å². The average Bonchev–Trinajstić information content (AvgIpc) is 3.12. The molecule has 2 N–H and O–H groups in total. The van der Waals surface area contributed by atoms with Crippen LogP contribution in [0.5, 0.6) is 0 Å². The van der Waals surface area contributed by atoms with Crippen LogP contribution in [0.25, 0.3) is 16.6 Å². The summed E-state index contributed by atoms with van der Waals surface area (Å²) in [5.41, 5.74) is 9.01. The lowest BCUT2D eigenvalue weighted by atomic mass is 10.1. The summed E-state index contributed by atoms with van der Waals surface area (Å²) in [4.78, 5) is 8.49. The Balaban J connectivity index is 0.00000240. The van der Waals surface area contributed by atoms with Gasteiger partial charge in [-0.05, 0) is 42.5 Å². The van der Waals surface area contributed by atoms with E-state index < -0.39 is 11.9 Å². The predicted molar refractivity (Wildman–Crippen MR) is 113 cm³/mol. The molecule has 4 rings (SSSR count). The molecule has 0 radical (unpaired) electrons. The first kappa shape index (κ1) is 20.9. The van der Waals surface area contributed by atoms with E-state index in [-0.39, 0.29) is 18.1 Å². The van der Waals surface area contributed by atoms with Gasteiger partial charge >= 0.3 is 0 Å². The van der Waals surface area contributed by atoms with Crippen molar-refractivity contribution in [2.45, 2.75) is 12.5 Å². The van der Waals surface area contributed by atoms with Gasteiger partial charge in [-0.2, -0.15) is 10.4 Å². The number of nitrogens with two attached hydrogens (primary N) is 1. The van der Waals surface area contributed by atoms with Crippen LogP contribution < -0.4 is 5.73 Å². The molecule has 6 nitrogen and oxygen atoms in total. The SMILES string of the molecule is Cl.N#Cc1nc(C[C@H](N)c2ncccc2-n2ncc3cc(Br)ccc32)ccc1F. The largest absolute Gasteiger partial charge is 0.322 e. The van der Waals surface area contributed by atoms with Gasteiger partial charge in [-0.15, -0.1) is 12.4 Å². The van der Waals surface area contributed by atoms with E-state index in [0.29, 0.717) is 17.8 Å². The Morgan fingerprint density at radius 2 is 2.07 bits per heavy atom. The molecule has 0 fully saturated rings. The lowest BCUT2D eigenvalue weighted by molar-refractivity contribution is 0.608. The highest BCUT2D eigenvalue weighted by atomic mass is 79.9. The highest BCUT2D eigenvalue weighted by Crippen LogP contribution is 2.26. The molecule has 0 aliphatic carbocycles. The first-order valence-electron chi connectivity index (χ1n) is 8.46. The molecule has 146 valence electrons. The normalized spacial score (nSPS) is 11.7. The zero-order valence-corrected chi connectivity index (χ0v) is 17.4. The summed E-state index contributed by atoms with van der Waals surface area (Å²) < 4.78 is 16.3. The van der Waals surface area contributed by atoms with E-state index in [2.05, 4.69) is 31.0 Å². The molecule has 0 unspecified atom stereocenters. The molecule has 0 aliphatic rings. The summed E-state index contributed by atoms with van der Waals surface area (Å²) in [6, 6.07) is 13.6. The second-order valence-electron chi connectivity index (χ2n) is 6.22. The van der Waals surface area contributed by atoms with Crippen molar-refractivity contribution in [1.29, 1.82) is 5.26 Å². The van der Waals surface area contributed by atoms with E-state index in [9.17, 15) is 4.39 Å². The number of aromatic nitrogens is 4. The Morgan fingerprint density at radius 1 is 1.24 bits per heavy atom. The second-order valence-corrected chi connectivity index (χ2v) is 7.14. The first-order valence-corrected chi connectivity index (χ1v) is 9.26. The lowest BCUT2D eigenvalue weighted by Crippen LogP contribution is -2.19. The molecule has 0 spiro atoms. The minimum atomic E-state index is -0.646. The molecule has 0 saturated carbocycles. The van der Waals surface area contributed by atoms with Gasteiger partial charge in [0.2, 0.25) is 0 Å². The summed E-state index contributed by atoms with van der Waals surface area (Å²) >= 11 is 3.46. The van der Waals surface area contributed by atoms with Crippen molar-refractivity contribution in [3.05, 3.63) is 82.2 Å². The number of fused-ring (bicyclic) bond motifs is 1. The molecule has 0 bridgehead atoms. The van der Waals surface area contributed by atoms with Crippen LogP contribution >= 0.6 is 28.3 Å². The second kappa shape index (κ2) is 8.66. The van der Waals surface area contributed by atoms with Gasteiger partial charge in [-0.25, -0.2) is 14.1 Å². The van der Waals surface area contributed by atoms with E-state index in [4.69, 9.17) is 11.0 Å². The molecule has 4 aromatic rings. The molecule has 1 atom stereocenters. The molecule has 0 aliphatic heterocycles. The van der Waals surface area contributed by atoms with E-state index in [1.54, 1.807) is 23.1 Å². The van der Waals surface area contributed by atoms with Crippen LogP contribution in [0.1, 0.15) is 23.1 Å². The molecule has 0 saturated heterocycles. The maximum absolute atomic E-state index is 13.5. The van der Waals surface area contributed by atoms with Crippen molar-refractivity contribution >= 4 is 39.2 Å². The third kappa shape index (κ3) is 4.12. The van der Waals surface area contributed by atoms with Crippen LogP contribution in [-0.4, -0.2) is 19.7 Å². The Bertz CT molecular complexity index is 1220. The maximum Gasteiger partial charge on any atom is 0.176 e. The van der Waals surface area contributed by atoms with Crippen LogP contribution in [-0.2, 0) is 6.42 Å². The monoisotopic (exact) mass is 472 g/mol. The van der Waals surface area contributed by atoms with Crippen LogP contribution in [0.3, 0.4) is 0 Å². The smallest absolute Gasteiger partial charge is 0.176 e. The average molecular weight is 474 g/mol. The fraction of sp³-hybridized carbons (Fsp3) is 0.100. The number of hydrogen-bond acceptors (Lipinski definition) is 5. The Hall–Kier alpha value is -2.86. The number of halogens is 3. The van der Waals surface area contributed by atoms with Gasteiger partial charge in [-0.3, -0.25) is 4.98 Å². The van der Waals surface area contributed by atoms with E-state index in [1.807, 2.05) is 30.3 Å². The van der Waals surface area contributed by atoms with Crippen molar-refractivity contribution in [2.75, 3.05) is 0 Å². The Labute approximate surface area is 180 Å². The topological polar surface area (TPSA) is 93.4 Å². The fourth-order valence-corrected chi connectivity index (χ4v) is 3.45. The summed E-state index contributed by atoms with van der Waals surface area (Å²) in [7, 11) is 0. The van der Waals surface area contributed by atoms with E-state index in [1.165, 1.54) is 12.1 Å². The third-order valence-corrected chi connectivity index (χ3v) is 4.86. The Kier molecular flexibility index (Phi) is 6.23. The minimum absolute atomic E-state index is 0. The van der Waals surface area contributed by atoms with Gasteiger partial charge in [0.05, 0.1) is 29.1 Å². The van der Waals surface area contributed by atoms with Gasteiger partial charge in [0.15, 0.2) is 11.5 Å². The number of pyridine rings is 2. The third-order valence-electron chi connectivity index (χ3n) is 4.36. The Morgan fingerprint density at radius 3 is 2.86 bits per heavy atom. The summed E-state index contributed by atoms with van der Waals surface area (Å²) in [6.45, 7) is 0. The number of hydrogen-bond donors (Lipinski definition) is 1. The molecule has 3 aromatic heterocycles. The molecule has 3 heterocycles. The van der Waals surface area contributed by atoms with Crippen molar-refractivity contribution < 1.29 is 4.39 Å². The fourth-order valence-electron chi connectivity index (χ4n) is 3.07. The summed E-state index contributed by atoms with van der Waals surface area (Å²) in [5, 5.41) is 14.4.